The number of carbonyl (C=O) groups excluding carboxylic acids is 1. The minimum absolute atomic E-state index is 0.0751. The highest BCUT2D eigenvalue weighted by Crippen LogP contribution is 2.44. The van der Waals surface area contributed by atoms with Gasteiger partial charge in [0.25, 0.3) is 0 Å². The summed E-state index contributed by atoms with van der Waals surface area (Å²) < 4.78 is 6.00. The number of anilines is 1. The van der Waals surface area contributed by atoms with Crippen LogP contribution in [0, 0.1) is 13.8 Å². The Balaban J connectivity index is 1.35. The van der Waals surface area contributed by atoms with Crippen LogP contribution in [-0.4, -0.2) is 58.8 Å². The van der Waals surface area contributed by atoms with E-state index in [0.717, 1.165) is 26.2 Å². The molecule has 0 bridgehead atoms. The van der Waals surface area contributed by atoms with Crippen LogP contribution in [0.4, 0.5) is 5.69 Å². The number of phenols is 3. The maximum absolute atomic E-state index is 13.3. The van der Waals surface area contributed by atoms with Crippen LogP contribution in [0.15, 0.2) is 48.5 Å². The van der Waals surface area contributed by atoms with Crippen LogP contribution in [-0.2, 0) is 6.54 Å². The van der Waals surface area contributed by atoms with E-state index in [1.54, 1.807) is 12.1 Å². The van der Waals surface area contributed by atoms with Crippen molar-refractivity contribution in [2.45, 2.75) is 26.3 Å². The van der Waals surface area contributed by atoms with E-state index in [1.165, 1.54) is 35.0 Å². The van der Waals surface area contributed by atoms with Gasteiger partial charge in [0.1, 0.15) is 35.2 Å². The van der Waals surface area contributed by atoms with Crippen molar-refractivity contribution in [1.82, 2.24) is 4.90 Å². The van der Waals surface area contributed by atoms with E-state index in [4.69, 9.17) is 4.74 Å². The van der Waals surface area contributed by atoms with Crippen LogP contribution in [0.5, 0.6) is 23.0 Å². The Hall–Kier alpha value is -3.71. The third-order valence-corrected chi connectivity index (χ3v) is 7.04. The second kappa shape index (κ2) is 9.15. The Bertz CT molecular complexity index is 1260. The lowest BCUT2D eigenvalue weighted by atomic mass is 9.87. The van der Waals surface area contributed by atoms with Gasteiger partial charge in [-0.1, -0.05) is 29.8 Å². The summed E-state index contributed by atoms with van der Waals surface area (Å²) in [6.07, 6.45) is 0. The van der Waals surface area contributed by atoms with E-state index in [-0.39, 0.29) is 41.0 Å². The monoisotopic (exact) mass is 474 g/mol. The Labute approximate surface area is 204 Å². The number of phenolic OH excluding ortho intramolecular Hbond substituents is 3. The molecule has 3 N–H and O–H groups in total. The van der Waals surface area contributed by atoms with Crippen LogP contribution >= 0.6 is 0 Å². The van der Waals surface area contributed by atoms with Gasteiger partial charge in [-0.15, -0.1) is 0 Å². The largest absolute Gasteiger partial charge is 0.508 e. The van der Waals surface area contributed by atoms with Gasteiger partial charge in [-0.3, -0.25) is 9.69 Å². The summed E-state index contributed by atoms with van der Waals surface area (Å²) in [6.45, 7) is 8.06. The lowest BCUT2D eigenvalue weighted by Crippen LogP contribution is -2.46. The van der Waals surface area contributed by atoms with Gasteiger partial charge >= 0.3 is 0 Å². The number of Topliss-reactive ketones (excluding diaryl/α,β-unsaturated/α-hetero) is 1. The predicted octanol–water partition coefficient (Wildman–Crippen LogP) is 4.10. The van der Waals surface area contributed by atoms with Crippen molar-refractivity contribution in [3.63, 3.8) is 0 Å². The molecule has 35 heavy (non-hydrogen) atoms. The molecule has 3 aromatic carbocycles. The van der Waals surface area contributed by atoms with Gasteiger partial charge in [0, 0.05) is 44.5 Å². The molecular weight excluding hydrogens is 444 g/mol. The second-order valence-electron chi connectivity index (χ2n) is 9.47. The normalized spacial score (nSPS) is 18.3. The van der Waals surface area contributed by atoms with E-state index in [1.807, 2.05) is 0 Å². The van der Waals surface area contributed by atoms with Crippen molar-refractivity contribution < 1.29 is 24.9 Å². The number of carbonyl (C=O) groups is 1. The third kappa shape index (κ3) is 4.39. The number of piperazine rings is 1. The maximum Gasteiger partial charge on any atom is 0.181 e. The third-order valence-electron chi connectivity index (χ3n) is 7.04. The molecule has 1 saturated heterocycles. The molecule has 0 aromatic heterocycles. The number of fused-ring (bicyclic) bond motifs is 1. The molecule has 182 valence electrons. The number of ether oxygens (including phenoxy) is 1. The van der Waals surface area contributed by atoms with Crippen LogP contribution in [0.2, 0.25) is 0 Å². The zero-order valence-electron chi connectivity index (χ0n) is 20.0. The molecule has 7 heteroatoms. The highest BCUT2D eigenvalue weighted by atomic mass is 16.5. The smallest absolute Gasteiger partial charge is 0.181 e. The summed E-state index contributed by atoms with van der Waals surface area (Å²) in [5.41, 5.74) is 5.09. The van der Waals surface area contributed by atoms with Crippen molar-refractivity contribution in [3.05, 3.63) is 76.3 Å². The minimum atomic E-state index is -0.590. The van der Waals surface area contributed by atoms with Crippen LogP contribution in [0.25, 0.3) is 0 Å². The van der Waals surface area contributed by atoms with Gasteiger partial charge in [0.15, 0.2) is 5.78 Å². The number of aromatic hydroxyl groups is 3. The first-order valence-electron chi connectivity index (χ1n) is 11.9. The molecule has 5 rings (SSSR count). The highest BCUT2D eigenvalue weighted by Gasteiger charge is 2.36. The number of hydrogen-bond donors (Lipinski definition) is 3. The summed E-state index contributed by atoms with van der Waals surface area (Å²) in [7, 11) is 0. The number of ketones is 1. The number of nitrogens with zero attached hydrogens (tertiary/aromatic N) is 2. The molecule has 0 aliphatic carbocycles. The molecule has 7 nitrogen and oxygen atoms in total. The average Bonchev–Trinajstić information content (AvgIpc) is 2.83. The van der Waals surface area contributed by atoms with E-state index in [9.17, 15) is 20.1 Å². The van der Waals surface area contributed by atoms with Crippen molar-refractivity contribution >= 4 is 11.5 Å². The summed E-state index contributed by atoms with van der Waals surface area (Å²) in [5.74, 6) is -0.822. The topological polar surface area (TPSA) is 93.5 Å². The van der Waals surface area contributed by atoms with Crippen molar-refractivity contribution in [2.24, 2.45) is 0 Å². The SMILES string of the molecule is Cc1ccc(N2CCN(Cc3c(O)cc(O)c4c3OCC(c3ccc(O)cc3)C4=O)CC2)c(C)c1. The lowest BCUT2D eigenvalue weighted by molar-refractivity contribution is 0.0889. The molecule has 3 aromatic rings. The first-order valence-corrected chi connectivity index (χ1v) is 11.9. The van der Waals surface area contributed by atoms with Gasteiger partial charge in [0.05, 0.1) is 11.5 Å². The van der Waals surface area contributed by atoms with Crippen LogP contribution < -0.4 is 9.64 Å². The summed E-state index contributed by atoms with van der Waals surface area (Å²) >= 11 is 0. The van der Waals surface area contributed by atoms with E-state index in [0.29, 0.717) is 17.7 Å². The molecule has 0 saturated carbocycles. The zero-order chi connectivity index (χ0) is 24.7. The molecule has 2 aliphatic heterocycles. The molecular formula is C28H30N2O5. The minimum Gasteiger partial charge on any atom is -0.508 e. The molecule has 1 atom stereocenters. The average molecular weight is 475 g/mol. The Morgan fingerprint density at radius 3 is 2.31 bits per heavy atom. The van der Waals surface area contributed by atoms with E-state index in [2.05, 4.69) is 41.8 Å². The van der Waals surface area contributed by atoms with Crippen molar-refractivity contribution in [1.29, 1.82) is 0 Å². The molecule has 0 spiro atoms. The maximum atomic E-state index is 13.3. The van der Waals surface area contributed by atoms with Gasteiger partial charge in [-0.25, -0.2) is 0 Å². The lowest BCUT2D eigenvalue weighted by Gasteiger charge is -2.37. The predicted molar refractivity (Wildman–Crippen MR) is 134 cm³/mol. The van der Waals surface area contributed by atoms with Crippen molar-refractivity contribution in [2.75, 3.05) is 37.7 Å². The number of aryl methyl sites for hydroxylation is 2. The highest BCUT2D eigenvalue weighted by molar-refractivity contribution is 6.07. The summed E-state index contributed by atoms with van der Waals surface area (Å²) in [5, 5.41) is 30.7. The molecule has 2 heterocycles. The van der Waals surface area contributed by atoms with Gasteiger partial charge in [-0.05, 0) is 43.2 Å². The Morgan fingerprint density at radius 2 is 1.63 bits per heavy atom. The fraction of sp³-hybridized carbons (Fsp3) is 0.321. The summed E-state index contributed by atoms with van der Waals surface area (Å²) in [6, 6.07) is 14.2. The number of hydrogen-bond acceptors (Lipinski definition) is 7. The fourth-order valence-electron chi connectivity index (χ4n) is 5.12. The Kier molecular flexibility index (Phi) is 6.03. The number of rotatable bonds is 4. The molecule has 1 unspecified atom stereocenters. The first kappa shape index (κ1) is 23.1. The molecule has 2 aliphatic rings. The van der Waals surface area contributed by atoms with Gasteiger partial charge < -0.3 is 25.0 Å². The second-order valence-corrected chi connectivity index (χ2v) is 9.47. The summed E-state index contributed by atoms with van der Waals surface area (Å²) in [4.78, 5) is 17.9. The van der Waals surface area contributed by atoms with Crippen molar-refractivity contribution in [3.8, 4) is 23.0 Å². The molecule has 0 radical (unpaired) electrons. The van der Waals surface area contributed by atoms with E-state index < -0.39 is 5.92 Å². The fourth-order valence-corrected chi connectivity index (χ4v) is 5.12. The van der Waals surface area contributed by atoms with Gasteiger partial charge in [-0.2, -0.15) is 0 Å². The standard InChI is InChI=1S/C28H30N2O5/c1-17-3-8-23(18(2)13-17)30-11-9-29(10-12-30)15-21-24(32)14-25(33)26-27(34)22(16-35-28(21)26)19-4-6-20(31)7-5-19/h3-8,13-14,22,31-33H,9-12,15-16H2,1-2H3. The quantitative estimate of drug-likeness (QED) is 0.524. The van der Waals surface area contributed by atoms with Crippen LogP contribution in [0.3, 0.4) is 0 Å². The number of benzene rings is 3. The Morgan fingerprint density at radius 1 is 0.914 bits per heavy atom. The first-order chi connectivity index (χ1) is 16.8. The molecule has 1 fully saturated rings. The van der Waals surface area contributed by atoms with Gasteiger partial charge in [0.2, 0.25) is 0 Å². The zero-order valence-corrected chi connectivity index (χ0v) is 20.0. The van der Waals surface area contributed by atoms with Crippen LogP contribution in [0.1, 0.15) is 38.5 Å². The molecule has 0 amide bonds. The van der Waals surface area contributed by atoms with E-state index >= 15 is 0 Å².